The second kappa shape index (κ2) is 4.30. The highest BCUT2D eigenvalue weighted by Crippen LogP contribution is 2.30. The summed E-state index contributed by atoms with van der Waals surface area (Å²) in [6.07, 6.45) is 0. The van der Waals surface area contributed by atoms with E-state index < -0.39 is 0 Å². The summed E-state index contributed by atoms with van der Waals surface area (Å²) in [7, 11) is 0. The first-order valence-corrected chi connectivity index (χ1v) is 6.40. The molecule has 0 aliphatic rings. The van der Waals surface area contributed by atoms with Crippen molar-refractivity contribution in [3.63, 3.8) is 0 Å². The Balaban J connectivity index is 1.84. The summed E-state index contributed by atoms with van der Waals surface area (Å²) in [4.78, 5) is 4.26. The minimum absolute atomic E-state index is 0.581. The van der Waals surface area contributed by atoms with E-state index in [1.807, 2.05) is 25.1 Å². The lowest BCUT2D eigenvalue weighted by molar-refractivity contribution is 0.391. The molecule has 18 heavy (non-hydrogen) atoms. The number of aryl methyl sites for hydroxylation is 1. The normalized spacial score (nSPS) is 10.9. The van der Waals surface area contributed by atoms with Gasteiger partial charge in [-0.15, -0.1) is 11.3 Å². The molecule has 2 heterocycles. The molecule has 0 fully saturated rings. The molecule has 0 saturated heterocycles. The Kier molecular flexibility index (Phi) is 2.64. The molecule has 0 saturated carbocycles. The first-order chi connectivity index (χ1) is 8.74. The lowest BCUT2D eigenvalue weighted by Gasteiger charge is -2.07. The highest BCUT2D eigenvalue weighted by Gasteiger charge is 2.07. The number of rotatable bonds is 3. The van der Waals surface area contributed by atoms with Crippen LogP contribution in [0.2, 0.25) is 0 Å². The van der Waals surface area contributed by atoms with E-state index in [9.17, 15) is 0 Å². The zero-order valence-electron chi connectivity index (χ0n) is 9.80. The third-order valence-corrected chi connectivity index (χ3v) is 3.47. The minimum Gasteiger partial charge on any atom is -0.395 e. The van der Waals surface area contributed by atoms with Gasteiger partial charge in [0.1, 0.15) is 17.0 Å². The molecule has 0 bridgehead atoms. The van der Waals surface area contributed by atoms with Gasteiger partial charge in [-0.25, -0.2) is 4.98 Å². The molecule has 3 N–H and O–H groups in total. The quantitative estimate of drug-likeness (QED) is 0.708. The van der Waals surface area contributed by atoms with E-state index in [0.29, 0.717) is 12.2 Å². The summed E-state index contributed by atoms with van der Waals surface area (Å²) in [6, 6.07) is 5.87. The Morgan fingerprint density at radius 3 is 3.11 bits per heavy atom. The number of hydrogen-bond donors (Lipinski definition) is 2. The average Bonchev–Trinajstić information content (AvgIpc) is 2.97. The number of nitrogen functional groups attached to an aromatic ring is 1. The molecule has 0 amide bonds. The SMILES string of the molecule is Cc1cc(CNc2ccc3scnc3c2N)no1. The van der Waals surface area contributed by atoms with Crippen LogP contribution in [0, 0.1) is 6.92 Å². The van der Waals surface area contributed by atoms with Gasteiger partial charge in [-0.2, -0.15) is 0 Å². The van der Waals surface area contributed by atoms with E-state index >= 15 is 0 Å². The molecular weight excluding hydrogens is 248 g/mol. The van der Waals surface area contributed by atoms with Gasteiger partial charge in [-0.05, 0) is 19.1 Å². The van der Waals surface area contributed by atoms with Gasteiger partial charge in [0.2, 0.25) is 0 Å². The predicted octanol–water partition coefficient (Wildman–Crippen LogP) is 2.79. The summed E-state index contributed by atoms with van der Waals surface area (Å²) in [5.41, 5.74) is 11.1. The lowest BCUT2D eigenvalue weighted by Crippen LogP contribution is -2.02. The number of hydrogen-bond acceptors (Lipinski definition) is 6. The van der Waals surface area contributed by atoms with E-state index in [0.717, 1.165) is 27.4 Å². The molecule has 0 aliphatic heterocycles. The van der Waals surface area contributed by atoms with Gasteiger partial charge in [0.25, 0.3) is 0 Å². The van der Waals surface area contributed by atoms with Crippen molar-refractivity contribution >= 4 is 32.9 Å². The van der Waals surface area contributed by atoms with Gasteiger partial charge in [-0.3, -0.25) is 0 Å². The Labute approximate surface area is 108 Å². The van der Waals surface area contributed by atoms with Crippen LogP contribution in [0.15, 0.2) is 28.2 Å². The fourth-order valence-electron chi connectivity index (χ4n) is 1.79. The molecule has 3 rings (SSSR count). The van der Waals surface area contributed by atoms with Gasteiger partial charge in [0.05, 0.1) is 28.1 Å². The van der Waals surface area contributed by atoms with E-state index in [2.05, 4.69) is 15.5 Å². The van der Waals surface area contributed by atoms with Crippen LogP contribution in [0.1, 0.15) is 11.5 Å². The van der Waals surface area contributed by atoms with Gasteiger partial charge in [-0.1, -0.05) is 5.16 Å². The third-order valence-electron chi connectivity index (χ3n) is 2.68. The zero-order chi connectivity index (χ0) is 12.5. The Morgan fingerprint density at radius 2 is 2.33 bits per heavy atom. The molecule has 6 heteroatoms. The number of thiazole rings is 1. The second-order valence-corrected chi connectivity index (χ2v) is 4.89. The monoisotopic (exact) mass is 260 g/mol. The molecule has 0 unspecified atom stereocenters. The third kappa shape index (κ3) is 1.91. The van der Waals surface area contributed by atoms with Crippen molar-refractivity contribution < 1.29 is 4.52 Å². The highest BCUT2D eigenvalue weighted by atomic mass is 32.1. The Hall–Kier alpha value is -2.08. The number of anilines is 2. The van der Waals surface area contributed by atoms with Crippen molar-refractivity contribution in [3.8, 4) is 0 Å². The van der Waals surface area contributed by atoms with Crippen LogP contribution >= 0.6 is 11.3 Å². The minimum atomic E-state index is 0.581. The van der Waals surface area contributed by atoms with E-state index in [1.165, 1.54) is 0 Å². The lowest BCUT2D eigenvalue weighted by atomic mass is 10.2. The molecule has 0 spiro atoms. The van der Waals surface area contributed by atoms with Crippen molar-refractivity contribution in [2.24, 2.45) is 0 Å². The maximum atomic E-state index is 6.07. The molecule has 5 nitrogen and oxygen atoms in total. The predicted molar refractivity (Wildman–Crippen MR) is 72.6 cm³/mol. The van der Waals surface area contributed by atoms with Crippen molar-refractivity contribution in [1.29, 1.82) is 0 Å². The molecular formula is C12H12N4OS. The molecule has 0 aliphatic carbocycles. The van der Waals surface area contributed by atoms with Crippen molar-refractivity contribution in [3.05, 3.63) is 35.2 Å². The molecule has 0 radical (unpaired) electrons. The number of nitrogens with one attached hydrogen (secondary N) is 1. The zero-order valence-corrected chi connectivity index (χ0v) is 10.6. The van der Waals surface area contributed by atoms with Crippen molar-refractivity contribution in [2.45, 2.75) is 13.5 Å². The number of nitrogens with zero attached hydrogens (tertiary/aromatic N) is 2. The van der Waals surface area contributed by atoms with Crippen LogP contribution in [-0.2, 0) is 6.54 Å². The largest absolute Gasteiger partial charge is 0.395 e. The number of benzene rings is 1. The topological polar surface area (TPSA) is 77.0 Å². The van der Waals surface area contributed by atoms with E-state index in [-0.39, 0.29) is 0 Å². The molecule has 92 valence electrons. The van der Waals surface area contributed by atoms with Crippen LogP contribution in [0.4, 0.5) is 11.4 Å². The molecule has 1 aromatic carbocycles. The maximum absolute atomic E-state index is 6.07. The van der Waals surface area contributed by atoms with Crippen molar-refractivity contribution in [2.75, 3.05) is 11.1 Å². The summed E-state index contributed by atoms with van der Waals surface area (Å²) < 4.78 is 6.10. The first-order valence-electron chi connectivity index (χ1n) is 5.52. The first kappa shape index (κ1) is 11.0. The van der Waals surface area contributed by atoms with Crippen molar-refractivity contribution in [1.82, 2.24) is 10.1 Å². The van der Waals surface area contributed by atoms with Crippen LogP contribution in [-0.4, -0.2) is 10.1 Å². The van der Waals surface area contributed by atoms with Gasteiger partial charge >= 0.3 is 0 Å². The van der Waals surface area contributed by atoms with Gasteiger partial charge < -0.3 is 15.6 Å². The Bertz CT molecular complexity index is 688. The van der Waals surface area contributed by atoms with Crippen LogP contribution in [0.5, 0.6) is 0 Å². The summed E-state index contributed by atoms with van der Waals surface area (Å²) in [5, 5.41) is 7.16. The summed E-state index contributed by atoms with van der Waals surface area (Å²) in [5.74, 6) is 0.801. The standard InChI is InChI=1S/C12H12N4OS/c1-7-4-8(16-17-7)5-14-9-2-3-10-12(11(9)13)15-6-18-10/h2-4,6,14H,5,13H2,1H3. The number of aromatic nitrogens is 2. The highest BCUT2D eigenvalue weighted by molar-refractivity contribution is 7.16. The van der Waals surface area contributed by atoms with Crippen LogP contribution in [0.25, 0.3) is 10.2 Å². The molecule has 2 aromatic heterocycles. The Morgan fingerprint density at radius 1 is 1.44 bits per heavy atom. The smallest absolute Gasteiger partial charge is 0.133 e. The van der Waals surface area contributed by atoms with E-state index in [4.69, 9.17) is 10.3 Å². The number of fused-ring (bicyclic) bond motifs is 1. The maximum Gasteiger partial charge on any atom is 0.133 e. The average molecular weight is 260 g/mol. The number of nitrogens with two attached hydrogens (primary N) is 1. The fourth-order valence-corrected chi connectivity index (χ4v) is 2.49. The molecule has 3 aromatic rings. The molecule has 0 atom stereocenters. The van der Waals surface area contributed by atoms with Gasteiger partial charge in [0.15, 0.2) is 0 Å². The summed E-state index contributed by atoms with van der Waals surface area (Å²) >= 11 is 1.58. The van der Waals surface area contributed by atoms with Crippen LogP contribution in [0.3, 0.4) is 0 Å². The van der Waals surface area contributed by atoms with E-state index in [1.54, 1.807) is 16.8 Å². The van der Waals surface area contributed by atoms with Gasteiger partial charge in [0, 0.05) is 6.07 Å². The fraction of sp³-hybridized carbons (Fsp3) is 0.167. The van der Waals surface area contributed by atoms with Crippen LogP contribution < -0.4 is 11.1 Å². The summed E-state index contributed by atoms with van der Waals surface area (Å²) in [6.45, 7) is 2.45. The second-order valence-electron chi connectivity index (χ2n) is 4.01.